The fourth-order valence-electron chi connectivity index (χ4n) is 3.66. The molecule has 0 fully saturated rings. The monoisotopic (exact) mass is 272 g/mol. The second kappa shape index (κ2) is 4.21. The lowest BCUT2D eigenvalue weighted by Crippen LogP contribution is -1.92. The predicted molar refractivity (Wildman–Crippen MR) is 93.7 cm³/mol. The maximum atomic E-state index is 2.36. The van der Waals surface area contributed by atoms with E-state index < -0.39 is 0 Å². The van der Waals surface area contributed by atoms with Gasteiger partial charge in [-0.3, -0.25) is 0 Å². The van der Waals surface area contributed by atoms with E-state index in [-0.39, 0.29) is 0 Å². The third-order valence-electron chi connectivity index (χ3n) is 4.82. The molecule has 0 heteroatoms. The first kappa shape index (κ1) is 12.6. The van der Waals surface area contributed by atoms with Crippen LogP contribution in [0.4, 0.5) is 0 Å². The highest BCUT2D eigenvalue weighted by Crippen LogP contribution is 2.38. The summed E-state index contributed by atoms with van der Waals surface area (Å²) in [5.41, 5.74) is 4.18. The molecule has 0 nitrogen and oxygen atoms in total. The Hall–Kier alpha value is -2.08. The number of benzene rings is 4. The van der Waals surface area contributed by atoms with Gasteiger partial charge in [-0.25, -0.2) is 0 Å². The van der Waals surface area contributed by atoms with Crippen molar-refractivity contribution in [3.8, 4) is 0 Å². The maximum Gasteiger partial charge on any atom is -0.00215 e. The summed E-state index contributed by atoms with van der Waals surface area (Å²) in [5.74, 6) is 0.565. The van der Waals surface area contributed by atoms with Crippen molar-refractivity contribution in [1.29, 1.82) is 0 Å². The Balaban J connectivity index is 2.30. The standard InChI is InChI=1S/C21H20/c1-12(2)17-10-15-5-7-18-13(3)9-14(4)19-8-6-16(11-17)20(15)21(18)19/h5-12H,1-4H3. The molecule has 4 aromatic rings. The third-order valence-corrected chi connectivity index (χ3v) is 4.82. The van der Waals surface area contributed by atoms with E-state index in [2.05, 4.69) is 70.2 Å². The van der Waals surface area contributed by atoms with Crippen LogP contribution >= 0.6 is 0 Å². The zero-order valence-electron chi connectivity index (χ0n) is 13.1. The van der Waals surface area contributed by atoms with Crippen LogP contribution in [0.3, 0.4) is 0 Å². The summed E-state index contributed by atoms with van der Waals surface area (Å²) >= 11 is 0. The molecule has 0 heterocycles. The largest absolute Gasteiger partial charge is 0.0587 e. The number of hydrogen-bond acceptors (Lipinski definition) is 0. The zero-order valence-corrected chi connectivity index (χ0v) is 13.1. The van der Waals surface area contributed by atoms with Crippen LogP contribution in [0.15, 0.2) is 42.5 Å². The fraction of sp³-hybridized carbons (Fsp3) is 0.238. The molecule has 0 aromatic heterocycles. The van der Waals surface area contributed by atoms with Gasteiger partial charge in [-0.1, -0.05) is 56.3 Å². The lowest BCUT2D eigenvalue weighted by Gasteiger charge is -2.16. The average molecular weight is 272 g/mol. The molecule has 0 aliphatic heterocycles. The van der Waals surface area contributed by atoms with E-state index in [0.717, 1.165) is 0 Å². The molecule has 0 saturated heterocycles. The highest BCUT2D eigenvalue weighted by Gasteiger charge is 2.12. The molecule has 4 aromatic carbocycles. The molecule has 0 unspecified atom stereocenters. The molecule has 0 atom stereocenters. The van der Waals surface area contributed by atoms with E-state index in [1.165, 1.54) is 49.0 Å². The lowest BCUT2D eigenvalue weighted by molar-refractivity contribution is 0.870. The lowest BCUT2D eigenvalue weighted by atomic mass is 9.88. The topological polar surface area (TPSA) is 0 Å². The normalized spacial score (nSPS) is 12.2. The first-order valence-electron chi connectivity index (χ1n) is 7.75. The van der Waals surface area contributed by atoms with E-state index in [9.17, 15) is 0 Å². The Morgan fingerprint density at radius 3 is 1.67 bits per heavy atom. The molecule has 0 spiro atoms. The molecule has 0 aliphatic carbocycles. The van der Waals surface area contributed by atoms with E-state index in [0.29, 0.717) is 5.92 Å². The van der Waals surface area contributed by atoms with Crippen LogP contribution in [0.5, 0.6) is 0 Å². The van der Waals surface area contributed by atoms with Crippen LogP contribution in [0.2, 0.25) is 0 Å². The van der Waals surface area contributed by atoms with E-state index in [1.54, 1.807) is 0 Å². The van der Waals surface area contributed by atoms with Gasteiger partial charge in [-0.2, -0.15) is 0 Å². The second-order valence-corrected chi connectivity index (χ2v) is 6.61. The summed E-state index contributed by atoms with van der Waals surface area (Å²) in [5, 5.41) is 8.41. The van der Waals surface area contributed by atoms with Crippen molar-refractivity contribution in [2.45, 2.75) is 33.6 Å². The summed E-state index contributed by atoms with van der Waals surface area (Å²) in [4.78, 5) is 0. The Morgan fingerprint density at radius 1 is 0.667 bits per heavy atom. The van der Waals surface area contributed by atoms with Crippen molar-refractivity contribution < 1.29 is 0 Å². The predicted octanol–water partition coefficient (Wildman–Crippen LogP) is 6.32. The van der Waals surface area contributed by atoms with Crippen LogP contribution in [0.1, 0.15) is 36.5 Å². The van der Waals surface area contributed by atoms with E-state index in [4.69, 9.17) is 0 Å². The van der Waals surface area contributed by atoms with Gasteiger partial charge < -0.3 is 0 Å². The third kappa shape index (κ3) is 1.68. The number of hydrogen-bond donors (Lipinski definition) is 0. The van der Waals surface area contributed by atoms with Crippen molar-refractivity contribution in [3.63, 3.8) is 0 Å². The van der Waals surface area contributed by atoms with Crippen LogP contribution in [0.25, 0.3) is 32.3 Å². The Morgan fingerprint density at radius 2 is 1.19 bits per heavy atom. The van der Waals surface area contributed by atoms with Gasteiger partial charge in [0.15, 0.2) is 0 Å². The summed E-state index contributed by atoms with van der Waals surface area (Å²) in [6.07, 6.45) is 0. The number of aryl methyl sites for hydroxylation is 2. The Bertz CT molecular complexity index is 904. The molecule has 0 bridgehead atoms. The quantitative estimate of drug-likeness (QED) is 0.355. The van der Waals surface area contributed by atoms with Crippen molar-refractivity contribution in [2.24, 2.45) is 0 Å². The summed E-state index contributed by atoms with van der Waals surface area (Å²) in [6, 6.07) is 16.2. The second-order valence-electron chi connectivity index (χ2n) is 6.61. The molecule has 0 aliphatic rings. The van der Waals surface area contributed by atoms with Crippen molar-refractivity contribution in [3.05, 3.63) is 59.2 Å². The molecular weight excluding hydrogens is 252 g/mol. The summed E-state index contributed by atoms with van der Waals surface area (Å²) in [6.45, 7) is 8.97. The zero-order chi connectivity index (χ0) is 14.7. The van der Waals surface area contributed by atoms with Crippen molar-refractivity contribution in [1.82, 2.24) is 0 Å². The molecular formula is C21H20. The van der Waals surface area contributed by atoms with Gasteiger partial charge in [0.05, 0.1) is 0 Å². The van der Waals surface area contributed by atoms with Crippen LogP contribution in [0, 0.1) is 13.8 Å². The van der Waals surface area contributed by atoms with Crippen LogP contribution in [-0.2, 0) is 0 Å². The van der Waals surface area contributed by atoms with Gasteiger partial charge in [0.1, 0.15) is 0 Å². The van der Waals surface area contributed by atoms with Crippen LogP contribution in [-0.4, -0.2) is 0 Å². The molecule has 0 N–H and O–H groups in total. The molecule has 4 rings (SSSR count). The van der Waals surface area contributed by atoms with E-state index >= 15 is 0 Å². The minimum Gasteiger partial charge on any atom is -0.0587 e. The average Bonchev–Trinajstić information content (AvgIpc) is 2.46. The van der Waals surface area contributed by atoms with Gasteiger partial charge in [0.25, 0.3) is 0 Å². The molecule has 0 radical (unpaired) electrons. The van der Waals surface area contributed by atoms with Gasteiger partial charge in [-0.05, 0) is 68.8 Å². The van der Waals surface area contributed by atoms with E-state index in [1.807, 2.05) is 0 Å². The van der Waals surface area contributed by atoms with Crippen LogP contribution < -0.4 is 0 Å². The highest BCUT2D eigenvalue weighted by atomic mass is 14.2. The molecule has 0 saturated carbocycles. The van der Waals surface area contributed by atoms with Crippen molar-refractivity contribution in [2.75, 3.05) is 0 Å². The Kier molecular flexibility index (Phi) is 2.53. The Labute approximate surface area is 125 Å². The summed E-state index contributed by atoms with van der Waals surface area (Å²) < 4.78 is 0. The minimum atomic E-state index is 0.565. The fourth-order valence-corrected chi connectivity index (χ4v) is 3.66. The van der Waals surface area contributed by atoms with Gasteiger partial charge in [0, 0.05) is 0 Å². The first-order chi connectivity index (χ1) is 10.1. The van der Waals surface area contributed by atoms with Gasteiger partial charge in [-0.15, -0.1) is 0 Å². The first-order valence-corrected chi connectivity index (χ1v) is 7.75. The molecule has 21 heavy (non-hydrogen) atoms. The molecule has 104 valence electrons. The maximum absolute atomic E-state index is 2.36. The highest BCUT2D eigenvalue weighted by molar-refractivity contribution is 6.24. The number of rotatable bonds is 1. The van der Waals surface area contributed by atoms with Crippen molar-refractivity contribution >= 4 is 32.3 Å². The minimum absolute atomic E-state index is 0.565. The SMILES string of the molecule is Cc1cc(C)c2ccc3cc(C(C)C)cc4ccc1c2c43. The molecule has 0 amide bonds. The smallest absolute Gasteiger partial charge is 0.00215 e. The summed E-state index contributed by atoms with van der Waals surface area (Å²) in [7, 11) is 0. The van der Waals surface area contributed by atoms with Gasteiger partial charge >= 0.3 is 0 Å². The van der Waals surface area contributed by atoms with Gasteiger partial charge in [0.2, 0.25) is 0 Å².